The molecule has 0 spiro atoms. The molecule has 0 fully saturated rings. The molecule has 0 aliphatic rings. The Bertz CT molecular complexity index is 908. The first kappa shape index (κ1) is 22.7. The second-order valence-corrected chi connectivity index (χ2v) is 6.60. The number of amides is 2. The largest absolute Gasteiger partial charge is 0.464 e. The second kappa shape index (κ2) is 10.8. The van der Waals surface area contributed by atoms with E-state index in [4.69, 9.17) is 0 Å². The lowest BCUT2D eigenvalue weighted by Crippen LogP contribution is -2.21. The lowest BCUT2D eigenvalue weighted by molar-refractivity contribution is -0.133. The second-order valence-electron chi connectivity index (χ2n) is 4.88. The molecule has 160 valence electrons. The summed E-state index contributed by atoms with van der Waals surface area (Å²) in [6.07, 6.45) is 0. The molecule has 2 aromatic heterocycles. The lowest BCUT2D eigenvalue weighted by Gasteiger charge is -2.02. The van der Waals surface area contributed by atoms with E-state index in [2.05, 4.69) is 50.1 Å². The van der Waals surface area contributed by atoms with Crippen molar-refractivity contribution in [2.75, 3.05) is 39.1 Å². The van der Waals surface area contributed by atoms with Crippen LogP contribution in [0.2, 0.25) is 0 Å². The summed E-state index contributed by atoms with van der Waals surface area (Å²) >= 11 is 2.11. The van der Waals surface area contributed by atoms with Gasteiger partial charge >= 0.3 is 18.0 Å². The van der Waals surface area contributed by atoms with E-state index in [0.717, 1.165) is 22.7 Å². The van der Waals surface area contributed by atoms with Crippen molar-refractivity contribution in [3.8, 4) is 0 Å². The van der Waals surface area contributed by atoms with Crippen molar-refractivity contribution < 1.29 is 33.5 Å². The van der Waals surface area contributed by atoms with Gasteiger partial charge < -0.3 is 19.1 Å². The first-order valence-corrected chi connectivity index (χ1v) is 9.58. The molecule has 2 heterocycles. The maximum Gasteiger partial charge on any atom is 0.362 e. The van der Waals surface area contributed by atoms with Crippen molar-refractivity contribution in [1.82, 2.24) is 9.97 Å². The van der Waals surface area contributed by atoms with Crippen LogP contribution >= 0.6 is 22.7 Å². The van der Waals surface area contributed by atoms with Gasteiger partial charge in [-0.2, -0.15) is 0 Å². The summed E-state index contributed by atoms with van der Waals surface area (Å²) in [6, 6.07) is -0.650. The molecule has 0 aliphatic carbocycles. The Morgan fingerprint density at radius 1 is 0.800 bits per heavy atom. The van der Waals surface area contributed by atoms with Gasteiger partial charge in [-0.15, -0.1) is 22.7 Å². The molecule has 2 amide bonds. The third-order valence-electron chi connectivity index (χ3n) is 3.06. The van der Waals surface area contributed by atoms with Crippen LogP contribution in [0.3, 0.4) is 0 Å². The fourth-order valence-corrected chi connectivity index (χ4v) is 3.24. The SMILES string of the molecule is CON=C(C(=O)OC)c1csc(NC(=O)Nc2nc(C(=NOC)C(=O)OC)cs2)n1. The van der Waals surface area contributed by atoms with Crippen LogP contribution in [-0.4, -0.2) is 67.8 Å². The zero-order valence-corrected chi connectivity index (χ0v) is 17.8. The lowest BCUT2D eigenvalue weighted by atomic mass is 10.3. The molecule has 0 unspecified atom stereocenters. The predicted molar refractivity (Wildman–Crippen MR) is 108 cm³/mol. The van der Waals surface area contributed by atoms with E-state index in [0.29, 0.717) is 0 Å². The minimum Gasteiger partial charge on any atom is -0.464 e. The molecular formula is C15H16N6O7S2. The summed E-state index contributed by atoms with van der Waals surface area (Å²) in [5, 5.41) is 15.5. The summed E-state index contributed by atoms with van der Waals surface area (Å²) in [7, 11) is 4.93. The summed E-state index contributed by atoms with van der Waals surface area (Å²) < 4.78 is 9.22. The number of oxime groups is 2. The van der Waals surface area contributed by atoms with Crippen molar-refractivity contribution in [2.24, 2.45) is 10.3 Å². The quantitative estimate of drug-likeness (QED) is 0.338. The normalized spacial score (nSPS) is 11.5. The Morgan fingerprint density at radius 3 is 1.53 bits per heavy atom. The Hall–Kier alpha value is -3.59. The number of ether oxygens (including phenoxy) is 2. The molecule has 0 aliphatic heterocycles. The van der Waals surface area contributed by atoms with Gasteiger partial charge in [-0.1, -0.05) is 10.3 Å². The molecule has 15 heteroatoms. The minimum atomic E-state index is -0.743. The zero-order valence-electron chi connectivity index (χ0n) is 16.1. The molecule has 30 heavy (non-hydrogen) atoms. The van der Waals surface area contributed by atoms with Crippen molar-refractivity contribution >= 4 is 62.3 Å². The Kier molecular flexibility index (Phi) is 8.18. The predicted octanol–water partition coefficient (Wildman–Crippen LogP) is 1.29. The third-order valence-corrected chi connectivity index (χ3v) is 4.57. The molecule has 0 saturated heterocycles. The average molecular weight is 456 g/mol. The van der Waals surface area contributed by atoms with E-state index in [1.165, 1.54) is 39.2 Å². The highest BCUT2D eigenvalue weighted by molar-refractivity contribution is 7.14. The molecule has 13 nitrogen and oxygen atoms in total. The van der Waals surface area contributed by atoms with Crippen LogP contribution in [0.15, 0.2) is 21.1 Å². The topological polar surface area (TPSA) is 163 Å². The number of hydrogen-bond acceptors (Lipinski definition) is 13. The van der Waals surface area contributed by atoms with Gasteiger partial charge in [0, 0.05) is 10.8 Å². The van der Waals surface area contributed by atoms with Crippen LogP contribution in [0, 0.1) is 0 Å². The molecule has 2 aromatic rings. The molecule has 0 radical (unpaired) electrons. The van der Waals surface area contributed by atoms with Crippen LogP contribution < -0.4 is 10.6 Å². The third kappa shape index (κ3) is 5.71. The van der Waals surface area contributed by atoms with Crippen molar-refractivity contribution in [3.63, 3.8) is 0 Å². The Morgan fingerprint density at radius 2 is 1.20 bits per heavy atom. The average Bonchev–Trinajstić information content (AvgIpc) is 3.38. The minimum absolute atomic E-state index is 0.151. The highest BCUT2D eigenvalue weighted by Gasteiger charge is 2.21. The van der Waals surface area contributed by atoms with E-state index >= 15 is 0 Å². The first-order valence-electron chi connectivity index (χ1n) is 7.82. The molecule has 0 saturated carbocycles. The molecule has 0 aromatic carbocycles. The zero-order chi connectivity index (χ0) is 22.1. The van der Waals surface area contributed by atoms with Crippen LogP contribution in [-0.2, 0) is 28.7 Å². The van der Waals surface area contributed by atoms with E-state index in [1.807, 2.05) is 0 Å². The Balaban J connectivity index is 2.07. The summed E-state index contributed by atoms with van der Waals surface area (Å²) in [5.41, 5.74) is 0.0298. The van der Waals surface area contributed by atoms with Crippen LogP contribution in [0.1, 0.15) is 11.4 Å². The van der Waals surface area contributed by atoms with Crippen LogP contribution in [0.25, 0.3) is 0 Å². The van der Waals surface area contributed by atoms with E-state index in [9.17, 15) is 14.4 Å². The number of methoxy groups -OCH3 is 2. The molecule has 2 rings (SSSR count). The molecule has 0 bridgehead atoms. The number of nitrogens with one attached hydrogen (secondary N) is 2. The molecular weight excluding hydrogens is 440 g/mol. The Labute approximate surface area is 177 Å². The van der Waals surface area contributed by atoms with Gasteiger partial charge in [-0.25, -0.2) is 24.4 Å². The summed E-state index contributed by atoms with van der Waals surface area (Å²) in [4.78, 5) is 53.0. The molecule has 0 atom stereocenters. The van der Waals surface area contributed by atoms with Gasteiger partial charge in [0.25, 0.3) is 0 Å². The van der Waals surface area contributed by atoms with Gasteiger partial charge in [-0.05, 0) is 0 Å². The number of esters is 2. The number of carbonyl (C=O) groups excluding carboxylic acids is 3. The number of nitrogens with zero attached hydrogens (tertiary/aromatic N) is 4. The fraction of sp³-hybridized carbons (Fsp3) is 0.267. The van der Waals surface area contributed by atoms with Gasteiger partial charge in [0.05, 0.1) is 14.2 Å². The monoisotopic (exact) mass is 456 g/mol. The van der Waals surface area contributed by atoms with Gasteiger partial charge in [0.2, 0.25) is 11.4 Å². The summed E-state index contributed by atoms with van der Waals surface area (Å²) in [5.74, 6) is -1.49. The number of anilines is 2. The highest BCUT2D eigenvalue weighted by Crippen LogP contribution is 2.19. The number of thiazole rings is 2. The number of carbonyl (C=O) groups is 3. The molecule has 2 N–H and O–H groups in total. The highest BCUT2D eigenvalue weighted by atomic mass is 32.1. The maximum atomic E-state index is 12.2. The van der Waals surface area contributed by atoms with E-state index in [-0.39, 0.29) is 33.1 Å². The van der Waals surface area contributed by atoms with Crippen LogP contribution in [0.5, 0.6) is 0 Å². The number of hydrogen-bond donors (Lipinski definition) is 2. The fourth-order valence-electron chi connectivity index (χ4n) is 1.86. The number of rotatable bonds is 8. The van der Waals surface area contributed by atoms with E-state index in [1.54, 1.807) is 0 Å². The van der Waals surface area contributed by atoms with Crippen LogP contribution in [0.4, 0.5) is 15.1 Å². The number of aromatic nitrogens is 2. The van der Waals surface area contributed by atoms with Crippen molar-refractivity contribution in [3.05, 3.63) is 22.1 Å². The van der Waals surface area contributed by atoms with Crippen molar-refractivity contribution in [2.45, 2.75) is 0 Å². The van der Waals surface area contributed by atoms with E-state index < -0.39 is 18.0 Å². The summed E-state index contributed by atoms with van der Waals surface area (Å²) in [6.45, 7) is 0. The van der Waals surface area contributed by atoms with Crippen molar-refractivity contribution in [1.29, 1.82) is 0 Å². The standard InChI is InChI=1S/C15H16N6O7S2/c1-25-11(22)9(20-27-3)7-5-29-14(16-7)18-13(24)19-15-17-8(6-30-15)10(21-28-4)12(23)26-2/h5-6H,1-4H3,(H2,16,17,18,19,24). The first-order chi connectivity index (χ1) is 14.4. The smallest absolute Gasteiger partial charge is 0.362 e. The number of urea groups is 1. The van der Waals surface area contributed by atoms with Gasteiger partial charge in [0.15, 0.2) is 10.3 Å². The van der Waals surface area contributed by atoms with Gasteiger partial charge in [-0.3, -0.25) is 10.6 Å². The maximum absolute atomic E-state index is 12.2. The van der Waals surface area contributed by atoms with Gasteiger partial charge in [0.1, 0.15) is 25.6 Å².